The van der Waals surface area contributed by atoms with Crippen LogP contribution in [0.4, 0.5) is 0 Å². The van der Waals surface area contributed by atoms with E-state index in [2.05, 4.69) is 15.5 Å². The first-order chi connectivity index (χ1) is 13.2. The Morgan fingerprint density at radius 3 is 2.21 bits per heavy atom. The van der Waals surface area contributed by atoms with Gasteiger partial charge in [-0.15, -0.1) is 0 Å². The van der Waals surface area contributed by atoms with Gasteiger partial charge in [-0.2, -0.15) is 0 Å². The number of nitrogens with zero attached hydrogens (tertiary/aromatic N) is 2. The average Bonchev–Trinajstić information content (AvgIpc) is 2.61. The summed E-state index contributed by atoms with van der Waals surface area (Å²) in [6.45, 7) is 9.17. The highest BCUT2D eigenvalue weighted by atomic mass is 16.2. The number of hydrogen-bond donors (Lipinski definition) is 2. The van der Waals surface area contributed by atoms with Crippen molar-refractivity contribution in [1.82, 2.24) is 20.4 Å². The van der Waals surface area contributed by atoms with Crippen molar-refractivity contribution in [3.05, 3.63) is 35.9 Å². The monoisotopic (exact) mass is 388 g/mol. The number of amides is 3. The molecule has 0 saturated carbocycles. The number of benzene rings is 1. The summed E-state index contributed by atoms with van der Waals surface area (Å²) in [5.41, 5.74) is 0.720. The van der Waals surface area contributed by atoms with Crippen LogP contribution in [0.15, 0.2) is 30.3 Å². The Morgan fingerprint density at radius 1 is 0.964 bits per heavy atom. The van der Waals surface area contributed by atoms with Crippen LogP contribution in [0.25, 0.3) is 0 Å². The molecule has 1 fully saturated rings. The molecule has 0 bridgehead atoms. The van der Waals surface area contributed by atoms with Gasteiger partial charge in [0.2, 0.25) is 17.7 Å². The molecule has 3 amide bonds. The van der Waals surface area contributed by atoms with Gasteiger partial charge in [0, 0.05) is 44.7 Å². The van der Waals surface area contributed by atoms with Crippen LogP contribution in [-0.4, -0.2) is 72.3 Å². The van der Waals surface area contributed by atoms with E-state index in [-0.39, 0.29) is 23.3 Å². The van der Waals surface area contributed by atoms with E-state index in [0.717, 1.165) is 5.56 Å². The molecule has 7 nitrogen and oxygen atoms in total. The van der Waals surface area contributed by atoms with Crippen molar-refractivity contribution < 1.29 is 14.4 Å². The Labute approximate surface area is 167 Å². The predicted molar refractivity (Wildman–Crippen MR) is 109 cm³/mol. The Hall–Kier alpha value is -2.41. The Morgan fingerprint density at radius 2 is 1.61 bits per heavy atom. The quantitative estimate of drug-likeness (QED) is 0.724. The molecule has 0 spiro atoms. The molecule has 7 heteroatoms. The van der Waals surface area contributed by atoms with Crippen molar-refractivity contribution in [3.63, 3.8) is 0 Å². The highest BCUT2D eigenvalue weighted by Gasteiger charge is 2.23. The normalized spacial score (nSPS) is 15.2. The summed E-state index contributed by atoms with van der Waals surface area (Å²) < 4.78 is 0. The maximum absolute atomic E-state index is 12.3. The van der Waals surface area contributed by atoms with Crippen LogP contribution in [0.5, 0.6) is 0 Å². The summed E-state index contributed by atoms with van der Waals surface area (Å²) in [7, 11) is 0. The van der Waals surface area contributed by atoms with E-state index in [0.29, 0.717) is 52.1 Å². The van der Waals surface area contributed by atoms with Crippen LogP contribution in [0.2, 0.25) is 0 Å². The summed E-state index contributed by atoms with van der Waals surface area (Å²) in [6, 6.07) is 9.53. The molecule has 0 radical (unpaired) electrons. The lowest BCUT2D eigenvalue weighted by molar-refractivity contribution is -0.133. The number of carbonyl (C=O) groups is 3. The van der Waals surface area contributed by atoms with Gasteiger partial charge in [0.25, 0.3) is 0 Å². The van der Waals surface area contributed by atoms with Crippen LogP contribution in [-0.2, 0) is 20.8 Å². The fourth-order valence-electron chi connectivity index (χ4n) is 3.13. The SMILES string of the molecule is CC(C)(C)NC(=O)CN1CCN(C(=O)CCNC(=O)Cc2ccccc2)CC1. The first-order valence-electron chi connectivity index (χ1n) is 9.85. The summed E-state index contributed by atoms with van der Waals surface area (Å²) >= 11 is 0. The molecule has 1 aromatic rings. The number of hydrogen-bond acceptors (Lipinski definition) is 4. The molecule has 1 aliphatic heterocycles. The van der Waals surface area contributed by atoms with Gasteiger partial charge in [0.05, 0.1) is 13.0 Å². The number of carbonyl (C=O) groups excluding carboxylic acids is 3. The van der Waals surface area contributed by atoms with Gasteiger partial charge in [-0.3, -0.25) is 19.3 Å². The van der Waals surface area contributed by atoms with Gasteiger partial charge in [0.15, 0.2) is 0 Å². The second-order valence-corrected chi connectivity index (χ2v) is 8.22. The number of piperazine rings is 1. The van der Waals surface area contributed by atoms with Crippen molar-refractivity contribution in [2.45, 2.75) is 39.2 Å². The van der Waals surface area contributed by atoms with Gasteiger partial charge < -0.3 is 15.5 Å². The minimum Gasteiger partial charge on any atom is -0.355 e. The standard InChI is InChI=1S/C21H32N4O3/c1-21(2,3)23-19(27)16-24-11-13-25(14-12-24)20(28)9-10-22-18(26)15-17-7-5-4-6-8-17/h4-8H,9-16H2,1-3H3,(H,22,26)(H,23,27). The van der Waals surface area contributed by atoms with Crippen molar-refractivity contribution in [2.24, 2.45) is 0 Å². The van der Waals surface area contributed by atoms with E-state index in [1.54, 1.807) is 0 Å². The van der Waals surface area contributed by atoms with Crippen molar-refractivity contribution in [3.8, 4) is 0 Å². The Balaban J connectivity index is 1.62. The molecule has 0 aliphatic carbocycles. The third-order valence-electron chi connectivity index (χ3n) is 4.48. The molecule has 2 N–H and O–H groups in total. The molecule has 1 aromatic carbocycles. The average molecular weight is 389 g/mol. The Bertz CT molecular complexity index is 662. The molecule has 0 aromatic heterocycles. The van der Waals surface area contributed by atoms with E-state index >= 15 is 0 Å². The number of nitrogens with one attached hydrogen (secondary N) is 2. The van der Waals surface area contributed by atoms with Gasteiger partial charge >= 0.3 is 0 Å². The molecular formula is C21H32N4O3. The third kappa shape index (κ3) is 8.08. The number of rotatable bonds is 7. The fourth-order valence-corrected chi connectivity index (χ4v) is 3.13. The summed E-state index contributed by atoms with van der Waals surface area (Å²) in [6.07, 6.45) is 0.620. The molecular weight excluding hydrogens is 356 g/mol. The molecule has 1 saturated heterocycles. The summed E-state index contributed by atoms with van der Waals surface area (Å²) in [5.74, 6) is -0.0270. The zero-order chi connectivity index (χ0) is 20.6. The van der Waals surface area contributed by atoms with E-state index in [9.17, 15) is 14.4 Å². The molecule has 2 rings (SSSR count). The lowest BCUT2D eigenvalue weighted by atomic mass is 10.1. The molecule has 0 atom stereocenters. The molecule has 28 heavy (non-hydrogen) atoms. The van der Waals surface area contributed by atoms with Gasteiger partial charge in [-0.1, -0.05) is 30.3 Å². The lowest BCUT2D eigenvalue weighted by Gasteiger charge is -2.35. The minimum absolute atomic E-state index is 0.00778. The highest BCUT2D eigenvalue weighted by Crippen LogP contribution is 2.05. The zero-order valence-electron chi connectivity index (χ0n) is 17.2. The van der Waals surface area contributed by atoms with Crippen molar-refractivity contribution in [2.75, 3.05) is 39.3 Å². The van der Waals surface area contributed by atoms with Crippen LogP contribution >= 0.6 is 0 Å². The van der Waals surface area contributed by atoms with Crippen LogP contribution in [0, 0.1) is 0 Å². The minimum atomic E-state index is -0.236. The van der Waals surface area contributed by atoms with Crippen molar-refractivity contribution >= 4 is 17.7 Å². The predicted octanol–water partition coefficient (Wildman–Crippen LogP) is 0.794. The molecule has 0 unspecified atom stereocenters. The van der Waals surface area contributed by atoms with Gasteiger partial charge in [-0.05, 0) is 26.3 Å². The highest BCUT2D eigenvalue weighted by molar-refractivity contribution is 5.81. The largest absolute Gasteiger partial charge is 0.355 e. The van der Waals surface area contributed by atoms with Crippen molar-refractivity contribution in [1.29, 1.82) is 0 Å². The second-order valence-electron chi connectivity index (χ2n) is 8.22. The van der Waals surface area contributed by atoms with E-state index in [1.165, 1.54) is 0 Å². The van der Waals surface area contributed by atoms with E-state index in [4.69, 9.17) is 0 Å². The van der Waals surface area contributed by atoms with Crippen LogP contribution in [0.1, 0.15) is 32.8 Å². The zero-order valence-corrected chi connectivity index (χ0v) is 17.2. The second kappa shape index (κ2) is 10.2. The topological polar surface area (TPSA) is 81.8 Å². The maximum atomic E-state index is 12.3. The smallest absolute Gasteiger partial charge is 0.234 e. The van der Waals surface area contributed by atoms with E-state index in [1.807, 2.05) is 56.0 Å². The molecule has 1 aliphatic rings. The van der Waals surface area contributed by atoms with Crippen LogP contribution in [0.3, 0.4) is 0 Å². The first-order valence-corrected chi connectivity index (χ1v) is 9.85. The molecule has 154 valence electrons. The third-order valence-corrected chi connectivity index (χ3v) is 4.48. The van der Waals surface area contributed by atoms with E-state index < -0.39 is 0 Å². The molecule has 1 heterocycles. The first kappa shape index (κ1) is 21.9. The lowest BCUT2D eigenvalue weighted by Crippen LogP contribution is -2.53. The maximum Gasteiger partial charge on any atom is 0.234 e. The fraction of sp³-hybridized carbons (Fsp3) is 0.571. The Kier molecular flexibility index (Phi) is 7.99. The van der Waals surface area contributed by atoms with Gasteiger partial charge in [-0.25, -0.2) is 0 Å². The summed E-state index contributed by atoms with van der Waals surface area (Å²) in [4.78, 5) is 40.1. The summed E-state index contributed by atoms with van der Waals surface area (Å²) in [5, 5.41) is 5.76. The van der Waals surface area contributed by atoms with Crippen LogP contribution < -0.4 is 10.6 Å². The van der Waals surface area contributed by atoms with Gasteiger partial charge in [0.1, 0.15) is 0 Å².